The highest BCUT2D eigenvalue weighted by atomic mass is 32.2. The molecule has 0 aliphatic rings. The zero-order chi connectivity index (χ0) is 21.5. The van der Waals surface area contributed by atoms with Crippen LogP contribution in [0.4, 0.5) is 13.2 Å². The van der Waals surface area contributed by atoms with Crippen molar-refractivity contribution < 1.29 is 31.1 Å². The van der Waals surface area contributed by atoms with Gasteiger partial charge in [-0.05, 0) is 48.0 Å². The van der Waals surface area contributed by atoms with Crippen LogP contribution in [0, 0.1) is 0 Å². The number of benzene rings is 2. The van der Waals surface area contributed by atoms with E-state index < -0.39 is 27.7 Å². The summed E-state index contributed by atoms with van der Waals surface area (Å²) >= 11 is 0. The number of sulfonamides is 1. The zero-order valence-electron chi connectivity index (χ0n) is 15.4. The third-order valence-electron chi connectivity index (χ3n) is 3.75. The Labute approximate surface area is 166 Å². The Bertz CT molecular complexity index is 954. The van der Waals surface area contributed by atoms with E-state index in [4.69, 9.17) is 4.74 Å². The van der Waals surface area contributed by atoms with E-state index in [1.165, 1.54) is 49.6 Å². The van der Waals surface area contributed by atoms with Gasteiger partial charge in [-0.2, -0.15) is 13.2 Å². The van der Waals surface area contributed by atoms with Crippen LogP contribution in [0.2, 0.25) is 0 Å². The van der Waals surface area contributed by atoms with Gasteiger partial charge in [-0.3, -0.25) is 4.79 Å². The average molecular weight is 428 g/mol. The van der Waals surface area contributed by atoms with Crippen molar-refractivity contribution in [3.8, 4) is 5.75 Å². The molecule has 0 fully saturated rings. The van der Waals surface area contributed by atoms with Crippen LogP contribution in [0.15, 0.2) is 59.5 Å². The molecule has 10 heteroatoms. The maximum Gasteiger partial charge on any atom is 0.416 e. The molecular weight excluding hydrogens is 409 g/mol. The predicted octanol–water partition coefficient (Wildman–Crippen LogP) is 2.82. The van der Waals surface area contributed by atoms with E-state index in [1.807, 2.05) is 0 Å². The molecule has 0 unspecified atom stereocenters. The molecule has 1 amide bonds. The van der Waals surface area contributed by atoms with Crippen molar-refractivity contribution in [1.29, 1.82) is 0 Å². The van der Waals surface area contributed by atoms with Crippen LogP contribution in [0.25, 0.3) is 6.08 Å². The number of hydrogen-bond donors (Lipinski definition) is 2. The summed E-state index contributed by atoms with van der Waals surface area (Å²) in [5.74, 6) is 0.0181. The van der Waals surface area contributed by atoms with Crippen LogP contribution in [0.1, 0.15) is 11.1 Å². The van der Waals surface area contributed by atoms with Crippen LogP contribution in [-0.4, -0.2) is 34.5 Å². The van der Waals surface area contributed by atoms with E-state index in [-0.39, 0.29) is 18.0 Å². The van der Waals surface area contributed by atoms with Crippen molar-refractivity contribution >= 4 is 22.0 Å². The van der Waals surface area contributed by atoms with E-state index in [0.717, 1.165) is 18.2 Å². The minimum Gasteiger partial charge on any atom is -0.497 e. The Kier molecular flexibility index (Phi) is 7.40. The normalized spacial score (nSPS) is 12.1. The highest BCUT2D eigenvalue weighted by molar-refractivity contribution is 7.89. The monoisotopic (exact) mass is 428 g/mol. The number of carbonyl (C=O) groups is 1. The number of carbonyl (C=O) groups excluding carboxylic acids is 1. The van der Waals surface area contributed by atoms with Gasteiger partial charge in [0, 0.05) is 19.2 Å². The van der Waals surface area contributed by atoms with Crippen molar-refractivity contribution in [2.24, 2.45) is 0 Å². The maximum absolute atomic E-state index is 12.5. The molecule has 0 saturated carbocycles. The maximum atomic E-state index is 12.5. The second-order valence-electron chi connectivity index (χ2n) is 5.82. The SMILES string of the molecule is COc1ccc(S(=O)(=O)NCCNC(=O)C=Cc2ccc(C(F)(F)F)cc2)cc1. The molecule has 2 N–H and O–H groups in total. The van der Waals surface area contributed by atoms with E-state index in [0.29, 0.717) is 11.3 Å². The van der Waals surface area contributed by atoms with Crippen molar-refractivity contribution in [2.45, 2.75) is 11.1 Å². The molecule has 0 radical (unpaired) electrons. The number of methoxy groups -OCH3 is 1. The summed E-state index contributed by atoms with van der Waals surface area (Å²) in [6.45, 7) is -0.000207. The number of alkyl halides is 3. The average Bonchev–Trinajstić information content (AvgIpc) is 2.69. The van der Waals surface area contributed by atoms with E-state index in [1.54, 1.807) is 0 Å². The van der Waals surface area contributed by atoms with Gasteiger partial charge in [-0.25, -0.2) is 13.1 Å². The van der Waals surface area contributed by atoms with Crippen molar-refractivity contribution in [3.63, 3.8) is 0 Å². The summed E-state index contributed by atoms with van der Waals surface area (Å²) in [6.07, 6.45) is -1.91. The van der Waals surface area contributed by atoms with Gasteiger partial charge in [0.15, 0.2) is 0 Å². The summed E-state index contributed by atoms with van der Waals surface area (Å²) in [4.78, 5) is 11.8. The first-order valence-electron chi connectivity index (χ1n) is 8.39. The Balaban J connectivity index is 1.79. The van der Waals surface area contributed by atoms with Crippen LogP contribution in [-0.2, 0) is 21.0 Å². The Hall–Kier alpha value is -2.85. The lowest BCUT2D eigenvalue weighted by Gasteiger charge is -2.08. The van der Waals surface area contributed by atoms with Crippen molar-refractivity contribution in [3.05, 3.63) is 65.7 Å². The summed E-state index contributed by atoms with van der Waals surface area (Å²) in [5.41, 5.74) is -0.350. The molecule has 0 aliphatic heterocycles. The van der Waals surface area contributed by atoms with Crippen LogP contribution in [0.3, 0.4) is 0 Å². The van der Waals surface area contributed by atoms with Crippen LogP contribution in [0.5, 0.6) is 5.75 Å². The number of rotatable bonds is 8. The second-order valence-corrected chi connectivity index (χ2v) is 7.58. The van der Waals surface area contributed by atoms with E-state index in [9.17, 15) is 26.4 Å². The van der Waals surface area contributed by atoms with Crippen molar-refractivity contribution in [2.75, 3.05) is 20.2 Å². The summed E-state index contributed by atoms with van der Waals surface area (Å²) < 4.78 is 69.1. The highest BCUT2D eigenvalue weighted by Crippen LogP contribution is 2.29. The number of nitrogens with one attached hydrogen (secondary N) is 2. The lowest BCUT2D eigenvalue weighted by molar-refractivity contribution is -0.137. The van der Waals surface area contributed by atoms with Gasteiger partial charge >= 0.3 is 6.18 Å². The Morgan fingerprint density at radius 3 is 2.21 bits per heavy atom. The highest BCUT2D eigenvalue weighted by Gasteiger charge is 2.29. The number of ether oxygens (including phenoxy) is 1. The van der Waals surface area contributed by atoms with Gasteiger partial charge in [0.2, 0.25) is 15.9 Å². The molecule has 0 spiro atoms. The summed E-state index contributed by atoms with van der Waals surface area (Å²) in [6, 6.07) is 10.2. The zero-order valence-corrected chi connectivity index (χ0v) is 16.2. The number of amides is 1. The first kappa shape index (κ1) is 22.4. The number of halogens is 3. The van der Waals surface area contributed by atoms with Gasteiger partial charge in [0.05, 0.1) is 17.6 Å². The fourth-order valence-corrected chi connectivity index (χ4v) is 3.26. The molecule has 0 aliphatic carbocycles. The Morgan fingerprint density at radius 2 is 1.66 bits per heavy atom. The quantitative estimate of drug-likeness (QED) is 0.500. The molecular formula is C19H19F3N2O4S. The smallest absolute Gasteiger partial charge is 0.416 e. The van der Waals surface area contributed by atoms with Gasteiger partial charge in [0.1, 0.15) is 5.75 Å². The first-order valence-corrected chi connectivity index (χ1v) is 9.87. The van der Waals surface area contributed by atoms with Crippen molar-refractivity contribution in [1.82, 2.24) is 10.0 Å². The molecule has 2 rings (SSSR count). The number of hydrogen-bond acceptors (Lipinski definition) is 4. The fourth-order valence-electron chi connectivity index (χ4n) is 2.22. The topological polar surface area (TPSA) is 84.5 Å². The molecule has 0 saturated heterocycles. The molecule has 6 nitrogen and oxygen atoms in total. The third kappa shape index (κ3) is 6.91. The molecule has 0 bridgehead atoms. The fraction of sp³-hybridized carbons (Fsp3) is 0.211. The van der Waals surface area contributed by atoms with Gasteiger partial charge in [-0.1, -0.05) is 12.1 Å². The summed E-state index contributed by atoms with van der Waals surface area (Å²) in [5, 5.41) is 2.48. The molecule has 29 heavy (non-hydrogen) atoms. The standard InChI is InChI=1S/C19H19F3N2O4S/c1-28-16-7-9-17(10-8-16)29(26,27)24-13-12-23-18(25)11-4-14-2-5-15(6-3-14)19(20,21)22/h2-11,24H,12-13H2,1H3,(H,23,25). The minimum absolute atomic E-state index is 0.0333. The molecule has 2 aromatic rings. The summed E-state index contributed by atoms with van der Waals surface area (Å²) in [7, 11) is -2.25. The van der Waals surface area contributed by atoms with Gasteiger partial charge in [0.25, 0.3) is 0 Å². The van der Waals surface area contributed by atoms with E-state index in [2.05, 4.69) is 10.0 Å². The minimum atomic E-state index is -4.42. The molecule has 0 atom stereocenters. The van der Waals surface area contributed by atoms with Crippen LogP contribution >= 0.6 is 0 Å². The molecule has 0 aromatic heterocycles. The first-order chi connectivity index (χ1) is 13.6. The lowest BCUT2D eigenvalue weighted by Crippen LogP contribution is -2.34. The largest absolute Gasteiger partial charge is 0.497 e. The molecule has 156 valence electrons. The lowest BCUT2D eigenvalue weighted by atomic mass is 10.1. The molecule has 0 heterocycles. The predicted molar refractivity (Wildman–Crippen MR) is 102 cm³/mol. The second kappa shape index (κ2) is 9.57. The molecule has 2 aromatic carbocycles. The van der Waals surface area contributed by atoms with E-state index >= 15 is 0 Å². The van der Waals surface area contributed by atoms with Gasteiger partial charge in [-0.15, -0.1) is 0 Å². The van der Waals surface area contributed by atoms with Crippen LogP contribution < -0.4 is 14.8 Å². The Morgan fingerprint density at radius 1 is 1.03 bits per heavy atom. The van der Waals surface area contributed by atoms with Gasteiger partial charge < -0.3 is 10.1 Å². The third-order valence-corrected chi connectivity index (χ3v) is 5.23.